The number of carboxylic acid groups (broad SMARTS) is 3. The van der Waals surface area contributed by atoms with E-state index < -0.39 is 23.9 Å². The van der Waals surface area contributed by atoms with E-state index in [-0.39, 0.29) is 37.4 Å². The number of hydrogen-bond acceptors (Lipinski definition) is 7. The summed E-state index contributed by atoms with van der Waals surface area (Å²) in [6, 6.07) is 7.91. The van der Waals surface area contributed by atoms with E-state index in [0.29, 0.717) is 11.4 Å². The number of carboxylic acids is 3. The molecule has 0 fully saturated rings. The summed E-state index contributed by atoms with van der Waals surface area (Å²) >= 11 is 0. The molecular formula is C18H20N4O6. The third-order valence-electron chi connectivity index (χ3n) is 3.95. The maximum atomic E-state index is 11.7. The number of rotatable bonds is 10. The molecule has 10 heteroatoms. The summed E-state index contributed by atoms with van der Waals surface area (Å²) in [5, 5.41) is 27.8. The van der Waals surface area contributed by atoms with Gasteiger partial charge in [-0.3, -0.25) is 9.69 Å². The lowest BCUT2D eigenvalue weighted by Gasteiger charge is -2.28. The second-order valence-corrected chi connectivity index (χ2v) is 5.98. The highest BCUT2D eigenvalue weighted by atomic mass is 16.4. The number of aromatic carboxylic acids is 2. The number of pyridine rings is 2. The average molecular weight is 388 g/mol. The molecule has 0 aliphatic heterocycles. The van der Waals surface area contributed by atoms with Gasteiger partial charge in [0, 0.05) is 13.1 Å². The first-order chi connectivity index (χ1) is 13.3. The largest absolute Gasteiger partial charge is 0.480 e. The minimum atomic E-state index is -1.19. The summed E-state index contributed by atoms with van der Waals surface area (Å²) in [7, 11) is 0. The zero-order valence-corrected chi connectivity index (χ0v) is 14.9. The molecule has 2 aromatic rings. The van der Waals surface area contributed by atoms with Crippen LogP contribution in [0.3, 0.4) is 0 Å². The van der Waals surface area contributed by atoms with Crippen LogP contribution in [-0.2, 0) is 17.9 Å². The Hall–Kier alpha value is -3.37. The van der Waals surface area contributed by atoms with Crippen molar-refractivity contribution in [2.45, 2.75) is 25.6 Å². The van der Waals surface area contributed by atoms with Gasteiger partial charge < -0.3 is 21.1 Å². The van der Waals surface area contributed by atoms with Crippen molar-refractivity contribution in [1.29, 1.82) is 0 Å². The molecule has 0 bridgehead atoms. The summed E-state index contributed by atoms with van der Waals surface area (Å²) < 4.78 is 0. The molecule has 1 atom stereocenters. The van der Waals surface area contributed by atoms with E-state index in [2.05, 4.69) is 9.97 Å². The van der Waals surface area contributed by atoms with Gasteiger partial charge in [-0.15, -0.1) is 0 Å². The van der Waals surface area contributed by atoms with E-state index in [1.807, 2.05) is 0 Å². The van der Waals surface area contributed by atoms with Crippen LogP contribution in [0.25, 0.3) is 0 Å². The standard InChI is InChI=1S/C18H20N4O6/c19-8-7-15(18(27)28)22(9-11-3-1-5-13(20-11)16(23)24)10-12-4-2-6-14(21-12)17(25)26/h1-6,15H,7-10,19H2,(H,23,24)(H,25,26)(H,27,28)/t15-/m0/s1. The van der Waals surface area contributed by atoms with Crippen LogP contribution in [0.2, 0.25) is 0 Å². The molecule has 0 aliphatic rings. The smallest absolute Gasteiger partial charge is 0.354 e. The number of hydrogen-bond donors (Lipinski definition) is 4. The first kappa shape index (κ1) is 20.9. The summed E-state index contributed by atoms with van der Waals surface area (Å²) in [4.78, 5) is 43.6. The summed E-state index contributed by atoms with van der Waals surface area (Å²) in [6.45, 7) is 0.173. The summed E-state index contributed by atoms with van der Waals surface area (Å²) in [6.07, 6.45) is 0.145. The molecule has 2 heterocycles. The monoisotopic (exact) mass is 388 g/mol. The molecule has 0 saturated heterocycles. The predicted molar refractivity (Wildman–Crippen MR) is 96.7 cm³/mol. The van der Waals surface area contributed by atoms with E-state index in [0.717, 1.165) is 0 Å². The number of aromatic nitrogens is 2. The maximum Gasteiger partial charge on any atom is 0.354 e. The van der Waals surface area contributed by atoms with Gasteiger partial charge in [0.1, 0.15) is 17.4 Å². The van der Waals surface area contributed by atoms with Gasteiger partial charge in [0.2, 0.25) is 0 Å². The van der Waals surface area contributed by atoms with Crippen LogP contribution >= 0.6 is 0 Å². The molecule has 0 spiro atoms. The predicted octanol–water partition coefficient (Wildman–Crippen LogP) is 0.677. The van der Waals surface area contributed by atoms with Crippen LogP contribution in [0.5, 0.6) is 0 Å². The van der Waals surface area contributed by atoms with E-state index in [1.165, 1.54) is 29.2 Å². The van der Waals surface area contributed by atoms with Crippen molar-refractivity contribution in [3.63, 3.8) is 0 Å². The van der Waals surface area contributed by atoms with Gasteiger partial charge in [-0.25, -0.2) is 19.6 Å². The van der Waals surface area contributed by atoms with E-state index >= 15 is 0 Å². The van der Waals surface area contributed by atoms with Gasteiger partial charge in [0.25, 0.3) is 0 Å². The molecule has 0 unspecified atom stereocenters. The Morgan fingerprint density at radius 3 is 1.71 bits per heavy atom. The van der Waals surface area contributed by atoms with Gasteiger partial charge in [-0.1, -0.05) is 12.1 Å². The zero-order valence-electron chi connectivity index (χ0n) is 14.9. The van der Waals surface area contributed by atoms with Crippen molar-refractivity contribution in [2.24, 2.45) is 5.73 Å². The Morgan fingerprint density at radius 1 is 0.893 bits per heavy atom. The van der Waals surface area contributed by atoms with Crippen molar-refractivity contribution in [1.82, 2.24) is 14.9 Å². The molecule has 10 nitrogen and oxygen atoms in total. The van der Waals surface area contributed by atoms with E-state index in [9.17, 15) is 19.5 Å². The van der Waals surface area contributed by atoms with Gasteiger partial charge >= 0.3 is 17.9 Å². The first-order valence-electron chi connectivity index (χ1n) is 8.37. The van der Waals surface area contributed by atoms with Gasteiger partial charge in [-0.2, -0.15) is 0 Å². The zero-order chi connectivity index (χ0) is 20.7. The Morgan fingerprint density at radius 2 is 1.36 bits per heavy atom. The third kappa shape index (κ3) is 5.56. The topological polar surface area (TPSA) is 167 Å². The Kier molecular flexibility index (Phi) is 7.13. The molecule has 0 amide bonds. The number of aliphatic carboxylic acids is 1. The van der Waals surface area contributed by atoms with E-state index in [1.54, 1.807) is 12.1 Å². The molecule has 0 aromatic carbocycles. The minimum Gasteiger partial charge on any atom is -0.480 e. The van der Waals surface area contributed by atoms with Crippen LogP contribution in [0, 0.1) is 0 Å². The van der Waals surface area contributed by atoms with Crippen LogP contribution in [-0.4, -0.2) is 60.7 Å². The second-order valence-electron chi connectivity index (χ2n) is 5.98. The number of carbonyl (C=O) groups is 3. The van der Waals surface area contributed by atoms with Crippen molar-refractivity contribution in [3.8, 4) is 0 Å². The summed E-state index contributed by atoms with van der Waals surface area (Å²) in [5.74, 6) is -3.49. The molecule has 5 N–H and O–H groups in total. The lowest BCUT2D eigenvalue weighted by atomic mass is 10.1. The van der Waals surface area contributed by atoms with Crippen LogP contribution < -0.4 is 5.73 Å². The fraction of sp³-hybridized carbons (Fsp3) is 0.278. The van der Waals surface area contributed by atoms with Gasteiger partial charge in [-0.05, 0) is 37.2 Å². The van der Waals surface area contributed by atoms with Crippen molar-refractivity contribution in [3.05, 3.63) is 59.2 Å². The highest BCUT2D eigenvalue weighted by Crippen LogP contribution is 2.15. The quantitative estimate of drug-likeness (QED) is 0.454. The minimum absolute atomic E-state index is 0.0249. The maximum absolute atomic E-state index is 11.7. The molecule has 2 aromatic heterocycles. The molecular weight excluding hydrogens is 368 g/mol. The first-order valence-corrected chi connectivity index (χ1v) is 8.37. The third-order valence-corrected chi connectivity index (χ3v) is 3.95. The lowest BCUT2D eigenvalue weighted by Crippen LogP contribution is -2.42. The van der Waals surface area contributed by atoms with Crippen molar-refractivity contribution in [2.75, 3.05) is 6.54 Å². The highest BCUT2D eigenvalue weighted by Gasteiger charge is 2.26. The van der Waals surface area contributed by atoms with Gasteiger partial charge in [0.05, 0.1) is 11.4 Å². The molecule has 0 saturated carbocycles. The van der Waals surface area contributed by atoms with Crippen LogP contribution in [0.15, 0.2) is 36.4 Å². The number of nitrogens with two attached hydrogens (primary N) is 1. The SMILES string of the molecule is NCC[C@@H](C(=O)O)N(Cc1cccc(C(=O)O)n1)Cc1cccc(C(=O)O)n1. The van der Waals surface area contributed by atoms with Crippen LogP contribution in [0.4, 0.5) is 0 Å². The molecule has 28 heavy (non-hydrogen) atoms. The molecule has 0 aliphatic carbocycles. The van der Waals surface area contributed by atoms with E-state index in [4.69, 9.17) is 15.9 Å². The Labute approximate surface area is 160 Å². The Bertz CT molecular complexity index is 813. The highest BCUT2D eigenvalue weighted by molar-refractivity contribution is 5.85. The fourth-order valence-electron chi connectivity index (χ4n) is 2.69. The van der Waals surface area contributed by atoms with Gasteiger partial charge in [0.15, 0.2) is 0 Å². The Balaban J connectivity index is 2.35. The second kappa shape index (κ2) is 9.53. The van der Waals surface area contributed by atoms with Crippen LogP contribution in [0.1, 0.15) is 38.8 Å². The fourth-order valence-corrected chi connectivity index (χ4v) is 2.69. The van der Waals surface area contributed by atoms with Crippen molar-refractivity contribution >= 4 is 17.9 Å². The summed E-state index contributed by atoms with van der Waals surface area (Å²) in [5.41, 5.74) is 5.94. The molecule has 0 radical (unpaired) electrons. The van der Waals surface area contributed by atoms with Crippen molar-refractivity contribution < 1.29 is 29.7 Å². The average Bonchev–Trinajstić information content (AvgIpc) is 2.65. The molecule has 148 valence electrons. The normalized spacial score (nSPS) is 11.9. The number of nitrogens with zero attached hydrogens (tertiary/aromatic N) is 3. The lowest BCUT2D eigenvalue weighted by molar-refractivity contribution is -0.144. The molecule has 2 rings (SSSR count).